The van der Waals surface area contributed by atoms with Crippen molar-refractivity contribution in [2.24, 2.45) is 5.92 Å². The van der Waals surface area contributed by atoms with Crippen molar-refractivity contribution in [1.82, 2.24) is 9.80 Å². The number of amides is 1. The first-order valence-electron chi connectivity index (χ1n) is 8.92. The van der Waals surface area contributed by atoms with Gasteiger partial charge in [0.1, 0.15) is 0 Å². The van der Waals surface area contributed by atoms with Crippen LogP contribution in [0.5, 0.6) is 0 Å². The van der Waals surface area contributed by atoms with Gasteiger partial charge in [0.15, 0.2) is 9.84 Å². The summed E-state index contributed by atoms with van der Waals surface area (Å²) in [7, 11) is -2.84. The molecule has 0 spiro atoms. The minimum absolute atomic E-state index is 0.125. The number of carbonyl (C=O) groups excluding carboxylic acids is 1. The van der Waals surface area contributed by atoms with Crippen LogP contribution in [0.2, 0.25) is 0 Å². The maximum absolute atomic E-state index is 12.7. The van der Waals surface area contributed by atoms with Crippen LogP contribution in [0, 0.1) is 5.92 Å². The summed E-state index contributed by atoms with van der Waals surface area (Å²) < 4.78 is 24.4. The molecule has 2 aliphatic heterocycles. The molecule has 5 nitrogen and oxygen atoms in total. The van der Waals surface area contributed by atoms with E-state index in [1.54, 1.807) is 0 Å². The van der Waals surface area contributed by atoms with Gasteiger partial charge in [-0.05, 0) is 36.5 Å². The predicted octanol–water partition coefficient (Wildman–Crippen LogP) is 1.88. The molecule has 2 heterocycles. The Bertz CT molecular complexity index is 757. The lowest BCUT2D eigenvalue weighted by atomic mass is 10.1. The molecule has 0 N–H and O–H groups in total. The van der Waals surface area contributed by atoms with Gasteiger partial charge >= 0.3 is 0 Å². The molecular weight excluding hydrogens is 404 g/mol. The first kappa shape index (κ1) is 17.5. The summed E-state index contributed by atoms with van der Waals surface area (Å²) in [5.41, 5.74) is 1.25. The zero-order chi connectivity index (χ0) is 17.6. The SMILES string of the molecule is O=C(C1CC1c1ccc(Br)cc1)N1CCN(C2CCS(=O)(=O)C2)CC1. The number of carbonyl (C=O) groups is 1. The van der Waals surface area contributed by atoms with Crippen molar-refractivity contribution in [2.45, 2.75) is 24.8 Å². The number of hydrogen-bond acceptors (Lipinski definition) is 4. The smallest absolute Gasteiger partial charge is 0.226 e. The number of piperazine rings is 1. The van der Waals surface area contributed by atoms with E-state index in [0.717, 1.165) is 43.5 Å². The van der Waals surface area contributed by atoms with Crippen LogP contribution in [0.3, 0.4) is 0 Å². The van der Waals surface area contributed by atoms with Crippen LogP contribution in [0.15, 0.2) is 28.7 Å². The van der Waals surface area contributed by atoms with Crippen molar-refractivity contribution in [3.05, 3.63) is 34.3 Å². The second-order valence-electron chi connectivity index (χ2n) is 7.42. The lowest BCUT2D eigenvalue weighted by molar-refractivity contribution is -0.134. The number of hydrogen-bond donors (Lipinski definition) is 0. The monoisotopic (exact) mass is 426 g/mol. The molecule has 0 bridgehead atoms. The van der Waals surface area contributed by atoms with E-state index in [2.05, 4.69) is 33.0 Å². The topological polar surface area (TPSA) is 57.7 Å². The molecule has 1 aromatic rings. The lowest BCUT2D eigenvalue weighted by Gasteiger charge is -2.37. The van der Waals surface area contributed by atoms with Crippen molar-refractivity contribution in [3.63, 3.8) is 0 Å². The first-order valence-corrected chi connectivity index (χ1v) is 11.5. The van der Waals surface area contributed by atoms with E-state index in [4.69, 9.17) is 0 Å². The molecule has 3 atom stereocenters. The summed E-state index contributed by atoms with van der Waals surface area (Å²) in [6, 6.07) is 8.41. The van der Waals surface area contributed by atoms with E-state index < -0.39 is 9.84 Å². The van der Waals surface area contributed by atoms with Crippen LogP contribution in [0.4, 0.5) is 0 Å². The first-order chi connectivity index (χ1) is 11.9. The summed E-state index contributed by atoms with van der Waals surface area (Å²) in [6.07, 6.45) is 1.69. The van der Waals surface area contributed by atoms with Crippen molar-refractivity contribution < 1.29 is 13.2 Å². The fourth-order valence-electron chi connectivity index (χ4n) is 4.15. The van der Waals surface area contributed by atoms with Crippen LogP contribution in [-0.2, 0) is 14.6 Å². The number of rotatable bonds is 3. The third kappa shape index (κ3) is 3.78. The Morgan fingerprint density at radius 2 is 1.76 bits per heavy atom. The van der Waals surface area contributed by atoms with E-state index >= 15 is 0 Å². The highest BCUT2D eigenvalue weighted by molar-refractivity contribution is 9.10. The quantitative estimate of drug-likeness (QED) is 0.740. The molecule has 0 aromatic heterocycles. The third-order valence-electron chi connectivity index (χ3n) is 5.76. The van der Waals surface area contributed by atoms with Crippen LogP contribution >= 0.6 is 15.9 Å². The van der Waals surface area contributed by atoms with E-state index in [9.17, 15) is 13.2 Å². The molecule has 2 saturated heterocycles. The summed E-state index contributed by atoms with van der Waals surface area (Å²) in [4.78, 5) is 17.0. The third-order valence-corrected chi connectivity index (χ3v) is 8.04. The van der Waals surface area contributed by atoms with Crippen molar-refractivity contribution >= 4 is 31.7 Å². The van der Waals surface area contributed by atoms with E-state index in [1.807, 2.05) is 17.0 Å². The number of sulfone groups is 1. The fourth-order valence-corrected chi connectivity index (χ4v) is 6.18. The van der Waals surface area contributed by atoms with Gasteiger partial charge in [0.25, 0.3) is 0 Å². The average molecular weight is 427 g/mol. The standard InChI is InChI=1S/C18H23BrN2O3S/c19-14-3-1-13(2-4-14)16-11-17(16)18(22)21-8-6-20(7-9-21)15-5-10-25(23,24)12-15/h1-4,15-17H,5-12H2. The molecule has 0 radical (unpaired) electrons. The van der Waals surface area contributed by atoms with Gasteiger partial charge in [-0.3, -0.25) is 9.69 Å². The summed E-state index contributed by atoms with van der Waals surface area (Å²) in [5, 5.41) is 0. The Balaban J connectivity index is 1.30. The molecule has 1 amide bonds. The Morgan fingerprint density at radius 3 is 2.36 bits per heavy atom. The van der Waals surface area contributed by atoms with Crippen LogP contribution in [-0.4, -0.2) is 67.9 Å². The molecule has 1 saturated carbocycles. The lowest BCUT2D eigenvalue weighted by Crippen LogP contribution is -2.52. The molecular formula is C18H23BrN2O3S. The highest BCUT2D eigenvalue weighted by Gasteiger charge is 2.46. The summed E-state index contributed by atoms with van der Waals surface area (Å²) in [6.45, 7) is 3.03. The van der Waals surface area contributed by atoms with Gasteiger partial charge in [0.05, 0.1) is 11.5 Å². The molecule has 1 aromatic carbocycles. The normalized spacial score (nSPS) is 31.9. The molecule has 1 aliphatic carbocycles. The zero-order valence-electron chi connectivity index (χ0n) is 14.1. The Morgan fingerprint density at radius 1 is 1.08 bits per heavy atom. The fraction of sp³-hybridized carbons (Fsp3) is 0.611. The molecule has 3 fully saturated rings. The molecule has 25 heavy (non-hydrogen) atoms. The Labute approximate surface area is 157 Å². The molecule has 3 unspecified atom stereocenters. The highest BCUT2D eigenvalue weighted by atomic mass is 79.9. The van der Waals surface area contributed by atoms with E-state index in [-0.39, 0.29) is 23.6 Å². The second kappa shape index (κ2) is 6.67. The van der Waals surface area contributed by atoms with Crippen LogP contribution in [0.1, 0.15) is 24.3 Å². The largest absolute Gasteiger partial charge is 0.340 e. The van der Waals surface area contributed by atoms with Crippen molar-refractivity contribution in [3.8, 4) is 0 Å². The Kier molecular flexibility index (Phi) is 4.67. The maximum atomic E-state index is 12.7. The van der Waals surface area contributed by atoms with Gasteiger partial charge < -0.3 is 4.90 Å². The van der Waals surface area contributed by atoms with Gasteiger partial charge in [0.2, 0.25) is 5.91 Å². The van der Waals surface area contributed by atoms with Gasteiger partial charge in [0, 0.05) is 42.6 Å². The number of nitrogens with zero attached hydrogens (tertiary/aromatic N) is 2. The van der Waals surface area contributed by atoms with E-state index in [1.165, 1.54) is 5.56 Å². The van der Waals surface area contributed by atoms with Crippen molar-refractivity contribution in [2.75, 3.05) is 37.7 Å². The Hall–Kier alpha value is -0.920. The van der Waals surface area contributed by atoms with Gasteiger partial charge in [-0.1, -0.05) is 28.1 Å². The summed E-state index contributed by atoms with van der Waals surface area (Å²) >= 11 is 3.44. The second-order valence-corrected chi connectivity index (χ2v) is 10.6. The van der Waals surface area contributed by atoms with Crippen LogP contribution in [0.25, 0.3) is 0 Å². The predicted molar refractivity (Wildman–Crippen MR) is 100 cm³/mol. The van der Waals surface area contributed by atoms with E-state index in [0.29, 0.717) is 11.7 Å². The highest BCUT2D eigenvalue weighted by Crippen LogP contribution is 2.48. The minimum Gasteiger partial charge on any atom is -0.340 e. The zero-order valence-corrected chi connectivity index (χ0v) is 16.5. The number of benzene rings is 1. The molecule has 7 heteroatoms. The van der Waals surface area contributed by atoms with Crippen LogP contribution < -0.4 is 0 Å². The maximum Gasteiger partial charge on any atom is 0.226 e. The van der Waals surface area contributed by atoms with Gasteiger partial charge in [-0.25, -0.2) is 8.42 Å². The molecule has 4 rings (SSSR count). The van der Waals surface area contributed by atoms with Gasteiger partial charge in [-0.15, -0.1) is 0 Å². The van der Waals surface area contributed by atoms with Gasteiger partial charge in [-0.2, -0.15) is 0 Å². The van der Waals surface area contributed by atoms with Crippen molar-refractivity contribution in [1.29, 1.82) is 0 Å². The molecule has 3 aliphatic rings. The minimum atomic E-state index is -2.84. The average Bonchev–Trinajstić information content (AvgIpc) is 3.31. The molecule has 136 valence electrons. The number of halogens is 1. The summed E-state index contributed by atoms with van der Waals surface area (Å²) in [5.74, 6) is 1.35.